The van der Waals surface area contributed by atoms with Crippen LogP contribution in [-0.4, -0.2) is 30.5 Å². The molecule has 6 nitrogen and oxygen atoms in total. The highest BCUT2D eigenvalue weighted by Crippen LogP contribution is 2.25. The Balaban J connectivity index is 1.90. The number of rotatable bonds is 5. The van der Waals surface area contributed by atoms with E-state index in [9.17, 15) is 14.9 Å². The molecule has 0 atom stereocenters. The van der Waals surface area contributed by atoms with Crippen LogP contribution < -0.4 is 10.2 Å². The number of carbonyl (C=O) groups excluding carboxylic acids is 1. The van der Waals surface area contributed by atoms with Crippen molar-refractivity contribution in [2.45, 2.75) is 12.8 Å². The van der Waals surface area contributed by atoms with Crippen LogP contribution in [0, 0.1) is 16.0 Å². The van der Waals surface area contributed by atoms with Gasteiger partial charge in [-0.1, -0.05) is 6.08 Å². The van der Waals surface area contributed by atoms with Crippen molar-refractivity contribution in [2.75, 3.05) is 24.5 Å². The van der Waals surface area contributed by atoms with E-state index in [4.69, 9.17) is 0 Å². The van der Waals surface area contributed by atoms with Gasteiger partial charge in [0.15, 0.2) is 0 Å². The van der Waals surface area contributed by atoms with Gasteiger partial charge in [-0.2, -0.15) is 0 Å². The lowest BCUT2D eigenvalue weighted by molar-refractivity contribution is -0.384. The van der Waals surface area contributed by atoms with Crippen LogP contribution in [0.1, 0.15) is 12.8 Å². The normalized spacial score (nSPS) is 15.5. The summed E-state index contributed by atoms with van der Waals surface area (Å²) in [5, 5.41) is 13.5. The van der Waals surface area contributed by atoms with Crippen molar-refractivity contribution in [2.24, 2.45) is 5.92 Å². The maximum Gasteiger partial charge on any atom is 0.269 e. The number of nitrogens with one attached hydrogen (secondary N) is 1. The minimum absolute atomic E-state index is 0.0410. The highest BCUT2D eigenvalue weighted by atomic mass is 16.6. The molecule has 1 heterocycles. The van der Waals surface area contributed by atoms with E-state index in [2.05, 4.69) is 16.8 Å². The van der Waals surface area contributed by atoms with Crippen molar-refractivity contribution in [3.8, 4) is 0 Å². The van der Waals surface area contributed by atoms with Gasteiger partial charge in [-0.05, 0) is 25.0 Å². The van der Waals surface area contributed by atoms with Crippen LogP contribution in [0.2, 0.25) is 0 Å². The first-order valence-corrected chi connectivity index (χ1v) is 7.00. The zero-order valence-electron chi connectivity index (χ0n) is 11.8. The SMILES string of the molecule is C=CCNC(=O)C1CCN(c2ccc([N+](=O)[O-])cc2)CC1. The molecule has 1 aromatic carbocycles. The van der Waals surface area contributed by atoms with E-state index in [0.717, 1.165) is 31.6 Å². The molecular formula is C15H19N3O3. The fraction of sp³-hybridized carbons (Fsp3) is 0.400. The van der Waals surface area contributed by atoms with Gasteiger partial charge < -0.3 is 10.2 Å². The summed E-state index contributed by atoms with van der Waals surface area (Å²) >= 11 is 0. The molecule has 0 aromatic heterocycles. The lowest BCUT2D eigenvalue weighted by Crippen LogP contribution is -2.40. The van der Waals surface area contributed by atoms with Crippen LogP contribution in [0.4, 0.5) is 11.4 Å². The van der Waals surface area contributed by atoms with Crippen molar-refractivity contribution in [3.05, 3.63) is 47.0 Å². The Labute approximate surface area is 123 Å². The summed E-state index contributed by atoms with van der Waals surface area (Å²) < 4.78 is 0. The van der Waals surface area contributed by atoms with E-state index < -0.39 is 4.92 Å². The third-order valence-corrected chi connectivity index (χ3v) is 3.71. The molecule has 1 N–H and O–H groups in total. The monoisotopic (exact) mass is 289 g/mol. The Morgan fingerprint density at radius 2 is 2.00 bits per heavy atom. The molecule has 0 unspecified atom stereocenters. The van der Waals surface area contributed by atoms with Crippen LogP contribution in [0.25, 0.3) is 0 Å². The van der Waals surface area contributed by atoms with Crippen molar-refractivity contribution in [3.63, 3.8) is 0 Å². The van der Waals surface area contributed by atoms with Gasteiger partial charge in [0.2, 0.25) is 5.91 Å². The van der Waals surface area contributed by atoms with Crippen LogP contribution in [-0.2, 0) is 4.79 Å². The molecule has 0 bridgehead atoms. The first kappa shape index (κ1) is 15.0. The fourth-order valence-corrected chi connectivity index (χ4v) is 2.50. The molecule has 1 aliphatic rings. The molecule has 0 saturated carbocycles. The molecule has 0 aliphatic carbocycles. The van der Waals surface area contributed by atoms with Crippen LogP contribution in [0.3, 0.4) is 0 Å². The number of nitro benzene ring substituents is 1. The van der Waals surface area contributed by atoms with Crippen LogP contribution >= 0.6 is 0 Å². The number of hydrogen-bond acceptors (Lipinski definition) is 4. The summed E-state index contributed by atoms with van der Waals surface area (Å²) in [6.07, 6.45) is 3.25. The molecule has 1 aliphatic heterocycles. The second kappa shape index (κ2) is 6.88. The number of nitrogens with zero attached hydrogens (tertiary/aromatic N) is 2. The molecule has 21 heavy (non-hydrogen) atoms. The molecule has 6 heteroatoms. The van der Waals surface area contributed by atoms with Crippen molar-refractivity contribution in [1.82, 2.24) is 5.32 Å². The number of piperidine rings is 1. The van der Waals surface area contributed by atoms with Crippen molar-refractivity contribution in [1.29, 1.82) is 0 Å². The lowest BCUT2D eigenvalue weighted by atomic mass is 9.95. The first-order chi connectivity index (χ1) is 10.1. The highest BCUT2D eigenvalue weighted by Gasteiger charge is 2.24. The van der Waals surface area contributed by atoms with E-state index >= 15 is 0 Å². The molecule has 1 amide bonds. The van der Waals surface area contributed by atoms with Gasteiger partial charge in [-0.3, -0.25) is 14.9 Å². The van der Waals surface area contributed by atoms with Crippen molar-refractivity contribution < 1.29 is 9.72 Å². The second-order valence-corrected chi connectivity index (χ2v) is 5.07. The molecule has 0 radical (unpaired) electrons. The maximum atomic E-state index is 11.9. The topological polar surface area (TPSA) is 75.5 Å². The Bertz CT molecular complexity index is 519. The fourth-order valence-electron chi connectivity index (χ4n) is 2.50. The number of hydrogen-bond donors (Lipinski definition) is 1. The summed E-state index contributed by atoms with van der Waals surface area (Å²) in [6, 6.07) is 6.54. The Morgan fingerprint density at radius 1 is 1.38 bits per heavy atom. The van der Waals surface area contributed by atoms with E-state index in [-0.39, 0.29) is 17.5 Å². The summed E-state index contributed by atoms with van der Waals surface area (Å²) in [5.41, 5.74) is 1.06. The predicted molar refractivity (Wildman–Crippen MR) is 81.2 cm³/mol. The van der Waals surface area contributed by atoms with E-state index in [1.54, 1.807) is 18.2 Å². The minimum Gasteiger partial charge on any atom is -0.371 e. The number of carbonyl (C=O) groups is 1. The van der Waals surface area contributed by atoms with Crippen LogP contribution in [0.15, 0.2) is 36.9 Å². The number of non-ortho nitro benzene ring substituents is 1. The number of nitro groups is 1. The smallest absolute Gasteiger partial charge is 0.269 e. The average Bonchev–Trinajstić information content (AvgIpc) is 2.53. The Morgan fingerprint density at radius 3 is 2.52 bits per heavy atom. The largest absolute Gasteiger partial charge is 0.371 e. The second-order valence-electron chi connectivity index (χ2n) is 5.07. The highest BCUT2D eigenvalue weighted by molar-refractivity contribution is 5.79. The Hall–Kier alpha value is -2.37. The number of anilines is 1. The van der Waals surface area contributed by atoms with Gasteiger partial charge in [-0.15, -0.1) is 6.58 Å². The third-order valence-electron chi connectivity index (χ3n) is 3.71. The summed E-state index contributed by atoms with van der Waals surface area (Å²) in [5.74, 6) is 0.123. The molecule has 1 saturated heterocycles. The van der Waals surface area contributed by atoms with E-state index in [1.807, 2.05) is 0 Å². The molecule has 1 fully saturated rings. The lowest BCUT2D eigenvalue weighted by Gasteiger charge is -2.32. The summed E-state index contributed by atoms with van der Waals surface area (Å²) in [7, 11) is 0. The standard InChI is InChI=1S/C15H19N3O3/c1-2-9-16-15(19)12-7-10-17(11-8-12)13-3-5-14(6-4-13)18(20)21/h2-6,12H,1,7-11H2,(H,16,19). The van der Waals surface area contributed by atoms with Gasteiger partial charge in [-0.25, -0.2) is 0 Å². The Kier molecular flexibility index (Phi) is 4.92. The molecule has 112 valence electrons. The summed E-state index contributed by atoms with van der Waals surface area (Å²) in [4.78, 5) is 24.3. The molecule has 1 aromatic rings. The van der Waals surface area contributed by atoms with Gasteiger partial charge in [0, 0.05) is 43.4 Å². The molecule has 0 spiro atoms. The van der Waals surface area contributed by atoms with Gasteiger partial charge >= 0.3 is 0 Å². The minimum atomic E-state index is -0.403. The summed E-state index contributed by atoms with van der Waals surface area (Å²) in [6.45, 7) is 5.64. The van der Waals surface area contributed by atoms with E-state index in [1.165, 1.54) is 12.1 Å². The van der Waals surface area contributed by atoms with Gasteiger partial charge in [0.25, 0.3) is 5.69 Å². The molecular weight excluding hydrogens is 270 g/mol. The van der Waals surface area contributed by atoms with E-state index in [0.29, 0.717) is 6.54 Å². The zero-order valence-corrected chi connectivity index (χ0v) is 11.8. The average molecular weight is 289 g/mol. The number of amides is 1. The van der Waals surface area contributed by atoms with Crippen LogP contribution in [0.5, 0.6) is 0 Å². The van der Waals surface area contributed by atoms with Gasteiger partial charge in [0.1, 0.15) is 0 Å². The third kappa shape index (κ3) is 3.81. The first-order valence-electron chi connectivity index (χ1n) is 7.00. The van der Waals surface area contributed by atoms with Crippen molar-refractivity contribution >= 4 is 17.3 Å². The zero-order chi connectivity index (χ0) is 15.2. The predicted octanol–water partition coefficient (Wildman–Crippen LogP) is 2.11. The quantitative estimate of drug-likeness (QED) is 0.512. The van der Waals surface area contributed by atoms with Gasteiger partial charge in [0.05, 0.1) is 4.92 Å². The number of benzene rings is 1. The molecule has 2 rings (SSSR count). The maximum absolute atomic E-state index is 11.9.